The predicted molar refractivity (Wildman–Crippen MR) is 84.0 cm³/mol. The second-order valence-corrected chi connectivity index (χ2v) is 8.18. The highest BCUT2D eigenvalue weighted by molar-refractivity contribution is 9.10. The molecule has 0 bridgehead atoms. The standard InChI is InChI=1S/C12H10BrCl2N3O2S/c13-8-5-9(14)12(10(15)6-8)21(19,20)18-4-3-17-2-1-16-11(17)7-18/h1-2,5-6H,3-4,7H2. The van der Waals surface area contributed by atoms with E-state index in [1.54, 1.807) is 6.20 Å². The molecule has 9 heteroatoms. The summed E-state index contributed by atoms with van der Waals surface area (Å²) in [4.78, 5) is 4.10. The highest BCUT2D eigenvalue weighted by Crippen LogP contribution is 2.35. The number of fused-ring (bicyclic) bond motifs is 1. The Hall–Kier alpha value is -0.600. The van der Waals surface area contributed by atoms with Crippen LogP contribution < -0.4 is 0 Å². The summed E-state index contributed by atoms with van der Waals surface area (Å²) in [6, 6.07) is 3.04. The fourth-order valence-corrected chi connectivity index (χ4v) is 5.53. The summed E-state index contributed by atoms with van der Waals surface area (Å²) < 4.78 is 29.5. The van der Waals surface area contributed by atoms with E-state index in [0.29, 0.717) is 23.4 Å². The molecule has 0 atom stereocenters. The van der Waals surface area contributed by atoms with Crippen LogP contribution in [0.15, 0.2) is 33.9 Å². The van der Waals surface area contributed by atoms with Crippen molar-refractivity contribution < 1.29 is 8.42 Å². The molecule has 0 unspecified atom stereocenters. The van der Waals surface area contributed by atoms with Crippen molar-refractivity contribution in [3.63, 3.8) is 0 Å². The van der Waals surface area contributed by atoms with Gasteiger partial charge in [-0.3, -0.25) is 0 Å². The number of aromatic nitrogens is 2. The van der Waals surface area contributed by atoms with Gasteiger partial charge in [0, 0.05) is 30.0 Å². The van der Waals surface area contributed by atoms with Gasteiger partial charge in [0.1, 0.15) is 10.7 Å². The normalized spacial score (nSPS) is 16.0. The summed E-state index contributed by atoms with van der Waals surface area (Å²) in [7, 11) is -3.77. The summed E-state index contributed by atoms with van der Waals surface area (Å²) in [5, 5.41) is 0.201. The van der Waals surface area contributed by atoms with Crippen LogP contribution in [0.2, 0.25) is 10.0 Å². The zero-order chi connectivity index (χ0) is 15.2. The summed E-state index contributed by atoms with van der Waals surface area (Å²) in [5.74, 6) is 0.703. The Morgan fingerprint density at radius 2 is 1.86 bits per heavy atom. The zero-order valence-electron chi connectivity index (χ0n) is 10.6. The van der Waals surface area contributed by atoms with Crippen LogP contribution in [0, 0.1) is 0 Å². The Morgan fingerprint density at radius 1 is 1.19 bits per heavy atom. The summed E-state index contributed by atoms with van der Waals surface area (Å²) in [6.45, 7) is 1.12. The molecule has 0 aliphatic carbocycles. The molecule has 1 aromatic carbocycles. The van der Waals surface area contributed by atoms with Crippen LogP contribution in [0.5, 0.6) is 0 Å². The Balaban J connectivity index is 2.03. The number of nitrogens with zero attached hydrogens (tertiary/aromatic N) is 3. The summed E-state index contributed by atoms with van der Waals surface area (Å²) in [6.07, 6.45) is 3.49. The van der Waals surface area contributed by atoms with E-state index in [9.17, 15) is 8.42 Å². The van der Waals surface area contributed by atoms with Crippen molar-refractivity contribution in [2.45, 2.75) is 18.0 Å². The Bertz CT molecular complexity index is 784. The van der Waals surface area contributed by atoms with E-state index in [4.69, 9.17) is 23.2 Å². The molecule has 1 aliphatic rings. The molecule has 112 valence electrons. The van der Waals surface area contributed by atoms with Crippen LogP contribution in [0.3, 0.4) is 0 Å². The molecular weight excluding hydrogens is 401 g/mol. The molecule has 5 nitrogen and oxygen atoms in total. The van der Waals surface area contributed by atoms with Crippen LogP contribution >= 0.6 is 39.1 Å². The first kappa shape index (κ1) is 15.3. The number of halogens is 3. The van der Waals surface area contributed by atoms with Crippen LogP contribution in [0.25, 0.3) is 0 Å². The molecule has 3 rings (SSSR count). The predicted octanol–water partition coefficient (Wildman–Crippen LogP) is 3.16. The number of imidazole rings is 1. The minimum atomic E-state index is -3.77. The lowest BCUT2D eigenvalue weighted by molar-refractivity contribution is 0.335. The molecule has 21 heavy (non-hydrogen) atoms. The van der Waals surface area contributed by atoms with Crippen molar-refractivity contribution in [3.8, 4) is 0 Å². The minimum absolute atomic E-state index is 0.0611. The molecule has 0 saturated carbocycles. The number of rotatable bonds is 2. The lowest BCUT2D eigenvalue weighted by atomic mass is 10.4. The quantitative estimate of drug-likeness (QED) is 0.763. The first-order valence-corrected chi connectivity index (χ1v) is 9.03. The Kier molecular flexibility index (Phi) is 4.04. The average molecular weight is 411 g/mol. The maximum atomic E-state index is 12.8. The molecule has 0 spiro atoms. The number of sulfonamides is 1. The molecule has 1 aromatic heterocycles. The fraction of sp³-hybridized carbons (Fsp3) is 0.250. The van der Waals surface area contributed by atoms with Crippen molar-refractivity contribution in [1.82, 2.24) is 13.9 Å². The number of benzene rings is 1. The largest absolute Gasteiger partial charge is 0.333 e. The monoisotopic (exact) mass is 409 g/mol. The lowest BCUT2D eigenvalue weighted by Gasteiger charge is -2.27. The van der Waals surface area contributed by atoms with Gasteiger partial charge < -0.3 is 4.57 Å². The minimum Gasteiger partial charge on any atom is -0.333 e. The molecule has 0 fully saturated rings. The van der Waals surface area contributed by atoms with Gasteiger partial charge in [-0.05, 0) is 12.1 Å². The Labute approximate surface area is 140 Å². The van der Waals surface area contributed by atoms with Gasteiger partial charge >= 0.3 is 0 Å². The average Bonchev–Trinajstić information content (AvgIpc) is 2.83. The number of hydrogen-bond donors (Lipinski definition) is 0. The van der Waals surface area contributed by atoms with Crippen molar-refractivity contribution >= 4 is 49.2 Å². The topological polar surface area (TPSA) is 55.2 Å². The molecule has 1 aliphatic heterocycles. The highest BCUT2D eigenvalue weighted by atomic mass is 79.9. The SMILES string of the molecule is O=S(=O)(c1c(Cl)cc(Br)cc1Cl)N1CCn2ccnc2C1. The zero-order valence-corrected chi connectivity index (χ0v) is 14.5. The van der Waals surface area contributed by atoms with Crippen molar-refractivity contribution in [2.24, 2.45) is 0 Å². The third-order valence-corrected chi connectivity index (χ3v) is 6.50. The van der Waals surface area contributed by atoms with E-state index >= 15 is 0 Å². The summed E-state index contributed by atoms with van der Waals surface area (Å²) in [5.41, 5.74) is 0. The first-order chi connectivity index (χ1) is 9.89. The molecule has 0 N–H and O–H groups in total. The molecular formula is C12H10BrCl2N3O2S. The Morgan fingerprint density at radius 3 is 2.52 bits per heavy atom. The van der Waals surface area contributed by atoms with Gasteiger partial charge in [0.25, 0.3) is 0 Å². The van der Waals surface area contributed by atoms with Gasteiger partial charge in [-0.15, -0.1) is 0 Å². The highest BCUT2D eigenvalue weighted by Gasteiger charge is 2.32. The van der Waals surface area contributed by atoms with Gasteiger partial charge in [-0.25, -0.2) is 13.4 Å². The number of hydrogen-bond acceptors (Lipinski definition) is 3. The van der Waals surface area contributed by atoms with Crippen LogP contribution in [-0.4, -0.2) is 28.8 Å². The molecule has 2 aromatic rings. The van der Waals surface area contributed by atoms with Gasteiger partial charge in [0.05, 0.1) is 16.6 Å². The maximum Gasteiger partial charge on any atom is 0.246 e. The molecule has 0 amide bonds. The van der Waals surface area contributed by atoms with Crippen LogP contribution in [0.4, 0.5) is 0 Å². The van der Waals surface area contributed by atoms with Gasteiger partial charge in [-0.2, -0.15) is 4.31 Å². The second kappa shape index (κ2) is 5.55. The third-order valence-electron chi connectivity index (χ3n) is 3.27. The second-order valence-electron chi connectivity index (χ2n) is 4.57. The van der Waals surface area contributed by atoms with E-state index in [1.807, 2.05) is 10.8 Å². The molecule has 0 radical (unpaired) electrons. The summed E-state index contributed by atoms with van der Waals surface area (Å²) >= 11 is 15.4. The van der Waals surface area contributed by atoms with Crippen molar-refractivity contribution in [2.75, 3.05) is 6.54 Å². The first-order valence-electron chi connectivity index (χ1n) is 6.04. The van der Waals surface area contributed by atoms with E-state index in [1.165, 1.54) is 16.4 Å². The van der Waals surface area contributed by atoms with E-state index < -0.39 is 10.0 Å². The van der Waals surface area contributed by atoms with Gasteiger partial charge in [0.15, 0.2) is 0 Å². The van der Waals surface area contributed by atoms with Crippen LogP contribution in [0.1, 0.15) is 5.82 Å². The van der Waals surface area contributed by atoms with Crippen LogP contribution in [-0.2, 0) is 23.1 Å². The molecule has 0 saturated heterocycles. The fourth-order valence-electron chi connectivity index (χ4n) is 2.26. The van der Waals surface area contributed by atoms with E-state index in [0.717, 1.165) is 0 Å². The van der Waals surface area contributed by atoms with Crippen molar-refractivity contribution in [3.05, 3.63) is 44.9 Å². The smallest absolute Gasteiger partial charge is 0.246 e. The van der Waals surface area contributed by atoms with Gasteiger partial charge in [0.2, 0.25) is 10.0 Å². The lowest BCUT2D eigenvalue weighted by Crippen LogP contribution is -2.38. The van der Waals surface area contributed by atoms with Crippen molar-refractivity contribution in [1.29, 1.82) is 0 Å². The molecule has 2 heterocycles. The maximum absolute atomic E-state index is 12.8. The van der Waals surface area contributed by atoms with E-state index in [2.05, 4.69) is 20.9 Å². The van der Waals surface area contributed by atoms with E-state index in [-0.39, 0.29) is 21.5 Å². The van der Waals surface area contributed by atoms with Gasteiger partial charge in [-0.1, -0.05) is 39.1 Å². The third kappa shape index (κ3) is 2.73.